The average Bonchev–Trinajstić information content (AvgIpc) is 3.08. The van der Waals surface area contributed by atoms with Crippen LogP contribution in [0.5, 0.6) is 5.75 Å². The summed E-state index contributed by atoms with van der Waals surface area (Å²) in [5.74, 6) is 0.728. The molecular weight excluding hydrogens is 454 g/mol. The van der Waals surface area contributed by atoms with Gasteiger partial charge in [0.2, 0.25) is 0 Å². The molecule has 3 aromatic rings. The lowest BCUT2D eigenvalue weighted by atomic mass is 10.1. The maximum atomic E-state index is 12.8. The van der Waals surface area contributed by atoms with Crippen LogP contribution in [0.2, 0.25) is 5.02 Å². The monoisotopic (exact) mass is 475 g/mol. The number of halogens is 2. The maximum Gasteiger partial charge on any atom is 0.253 e. The molecule has 0 aliphatic heterocycles. The van der Waals surface area contributed by atoms with Gasteiger partial charge in [-0.2, -0.15) is 5.10 Å². The van der Waals surface area contributed by atoms with Gasteiger partial charge >= 0.3 is 0 Å². The Morgan fingerprint density at radius 2 is 1.97 bits per heavy atom. The van der Waals surface area contributed by atoms with E-state index in [4.69, 9.17) is 16.3 Å². The molecule has 0 aliphatic carbocycles. The van der Waals surface area contributed by atoms with E-state index in [0.717, 1.165) is 38.6 Å². The molecule has 0 fully saturated rings. The summed E-state index contributed by atoms with van der Waals surface area (Å²) < 4.78 is 8.60. The highest BCUT2D eigenvalue weighted by Gasteiger charge is 2.16. The number of carbonyl (C=O) groups is 1. The molecule has 1 amide bonds. The fraction of sp³-hybridized carbons (Fsp3) is 0.273. The van der Waals surface area contributed by atoms with Gasteiger partial charge in [0.25, 0.3) is 5.91 Å². The van der Waals surface area contributed by atoms with Crippen molar-refractivity contribution >= 4 is 33.4 Å². The molecule has 1 aromatic heterocycles. The number of hydrogen-bond donors (Lipinski definition) is 0. The standard InChI is InChI=1S/C22H23BrClN3O2/c1-4-27-21(19(23)12-25-27)13-26(3)22(28)17-7-5-16(6-8-17)14-29-18-9-10-20(24)15(2)11-18/h5-12H,4,13-14H2,1-3H3. The van der Waals surface area contributed by atoms with Gasteiger partial charge in [0, 0.05) is 24.2 Å². The van der Waals surface area contributed by atoms with Gasteiger partial charge in [-0.3, -0.25) is 9.48 Å². The van der Waals surface area contributed by atoms with Crippen LogP contribution in [0.25, 0.3) is 0 Å². The Hall–Kier alpha value is -2.31. The molecule has 0 bridgehead atoms. The SMILES string of the molecule is CCn1ncc(Br)c1CN(C)C(=O)c1ccc(COc2ccc(Cl)c(C)c2)cc1. The summed E-state index contributed by atoms with van der Waals surface area (Å²) in [4.78, 5) is 14.5. The zero-order valence-electron chi connectivity index (χ0n) is 16.7. The third-order valence-corrected chi connectivity index (χ3v) is 5.75. The molecule has 2 aromatic carbocycles. The number of hydrogen-bond acceptors (Lipinski definition) is 3. The molecular formula is C22H23BrClN3O2. The summed E-state index contributed by atoms with van der Waals surface area (Å²) in [5.41, 5.74) is 3.58. The number of carbonyl (C=O) groups excluding carboxylic acids is 1. The minimum absolute atomic E-state index is 0.0402. The van der Waals surface area contributed by atoms with E-state index in [1.165, 1.54) is 0 Å². The fourth-order valence-electron chi connectivity index (χ4n) is 2.95. The first-order valence-electron chi connectivity index (χ1n) is 9.32. The zero-order chi connectivity index (χ0) is 21.0. The zero-order valence-corrected chi connectivity index (χ0v) is 19.0. The predicted octanol–water partition coefficient (Wildman–Crippen LogP) is 5.48. The first-order valence-corrected chi connectivity index (χ1v) is 10.5. The molecule has 1 heterocycles. The van der Waals surface area contributed by atoms with Crippen molar-refractivity contribution in [1.29, 1.82) is 0 Å². The molecule has 5 nitrogen and oxygen atoms in total. The van der Waals surface area contributed by atoms with Gasteiger partial charge in [-0.05, 0) is 71.2 Å². The number of aromatic nitrogens is 2. The van der Waals surface area contributed by atoms with E-state index in [0.29, 0.717) is 18.7 Å². The van der Waals surface area contributed by atoms with Crippen LogP contribution in [0.4, 0.5) is 0 Å². The normalized spacial score (nSPS) is 10.8. The molecule has 7 heteroatoms. The molecule has 0 saturated carbocycles. The molecule has 0 radical (unpaired) electrons. The molecule has 0 aliphatic rings. The molecule has 29 heavy (non-hydrogen) atoms. The van der Waals surface area contributed by atoms with Crippen molar-refractivity contribution in [3.63, 3.8) is 0 Å². The quantitative estimate of drug-likeness (QED) is 0.454. The van der Waals surface area contributed by atoms with Gasteiger partial charge in [-0.15, -0.1) is 0 Å². The number of aryl methyl sites for hydroxylation is 2. The molecule has 0 spiro atoms. The Morgan fingerprint density at radius 1 is 1.24 bits per heavy atom. The smallest absolute Gasteiger partial charge is 0.253 e. The van der Waals surface area contributed by atoms with Crippen LogP contribution in [-0.4, -0.2) is 27.6 Å². The van der Waals surface area contributed by atoms with Crippen molar-refractivity contribution in [3.8, 4) is 5.75 Å². The molecule has 3 rings (SSSR count). The number of nitrogens with zero attached hydrogens (tertiary/aromatic N) is 3. The minimum Gasteiger partial charge on any atom is -0.489 e. The number of amides is 1. The van der Waals surface area contributed by atoms with Gasteiger partial charge in [-0.1, -0.05) is 23.7 Å². The molecule has 152 valence electrons. The topological polar surface area (TPSA) is 47.4 Å². The number of ether oxygens (including phenoxy) is 1. The summed E-state index contributed by atoms with van der Waals surface area (Å²) >= 11 is 9.55. The Kier molecular flexibility index (Phi) is 6.98. The second-order valence-corrected chi connectivity index (χ2v) is 8.07. The van der Waals surface area contributed by atoms with E-state index in [1.807, 2.05) is 61.0 Å². The summed E-state index contributed by atoms with van der Waals surface area (Å²) in [6, 6.07) is 13.1. The highest BCUT2D eigenvalue weighted by atomic mass is 79.9. The van der Waals surface area contributed by atoms with E-state index in [1.54, 1.807) is 18.1 Å². The first-order chi connectivity index (χ1) is 13.9. The van der Waals surface area contributed by atoms with Gasteiger partial charge in [-0.25, -0.2) is 0 Å². The van der Waals surface area contributed by atoms with E-state index in [-0.39, 0.29) is 5.91 Å². The van der Waals surface area contributed by atoms with E-state index < -0.39 is 0 Å². The lowest BCUT2D eigenvalue weighted by molar-refractivity contribution is 0.0781. The van der Waals surface area contributed by atoms with Crippen molar-refractivity contribution < 1.29 is 9.53 Å². The maximum absolute atomic E-state index is 12.8. The highest BCUT2D eigenvalue weighted by Crippen LogP contribution is 2.22. The molecule has 0 N–H and O–H groups in total. The van der Waals surface area contributed by atoms with Gasteiger partial charge in [0.1, 0.15) is 12.4 Å². The lowest BCUT2D eigenvalue weighted by Gasteiger charge is -2.18. The fourth-order valence-corrected chi connectivity index (χ4v) is 3.49. The van der Waals surface area contributed by atoms with Gasteiger partial charge < -0.3 is 9.64 Å². The number of rotatable bonds is 7. The highest BCUT2D eigenvalue weighted by molar-refractivity contribution is 9.10. The third kappa shape index (κ3) is 5.19. The van der Waals surface area contributed by atoms with Gasteiger partial charge in [0.05, 0.1) is 22.9 Å². The predicted molar refractivity (Wildman–Crippen MR) is 118 cm³/mol. The van der Waals surface area contributed by atoms with Crippen molar-refractivity contribution in [2.75, 3.05) is 7.05 Å². The van der Waals surface area contributed by atoms with Crippen molar-refractivity contribution in [3.05, 3.63) is 80.5 Å². The molecule has 0 atom stereocenters. The van der Waals surface area contributed by atoms with E-state index in [2.05, 4.69) is 21.0 Å². The minimum atomic E-state index is -0.0402. The Morgan fingerprint density at radius 3 is 2.62 bits per heavy atom. The molecule has 0 unspecified atom stereocenters. The lowest BCUT2D eigenvalue weighted by Crippen LogP contribution is -2.27. The van der Waals surface area contributed by atoms with Crippen LogP contribution in [0, 0.1) is 6.92 Å². The summed E-state index contributed by atoms with van der Waals surface area (Å²) in [7, 11) is 1.79. The van der Waals surface area contributed by atoms with Gasteiger partial charge in [0.15, 0.2) is 0 Å². The molecule has 0 saturated heterocycles. The van der Waals surface area contributed by atoms with Crippen molar-refractivity contribution in [2.45, 2.75) is 33.5 Å². The summed E-state index contributed by atoms with van der Waals surface area (Å²) in [5, 5.41) is 5.02. The van der Waals surface area contributed by atoms with Crippen LogP contribution in [0.15, 0.2) is 53.1 Å². The van der Waals surface area contributed by atoms with E-state index in [9.17, 15) is 4.79 Å². The Bertz CT molecular complexity index is 1000. The van der Waals surface area contributed by atoms with Crippen LogP contribution < -0.4 is 4.74 Å². The van der Waals surface area contributed by atoms with Crippen molar-refractivity contribution in [1.82, 2.24) is 14.7 Å². The first kappa shape index (κ1) is 21.4. The summed E-state index contributed by atoms with van der Waals surface area (Å²) in [6.45, 7) is 5.63. The summed E-state index contributed by atoms with van der Waals surface area (Å²) in [6.07, 6.45) is 1.76. The Balaban J connectivity index is 1.62. The second-order valence-electron chi connectivity index (χ2n) is 6.81. The van der Waals surface area contributed by atoms with Crippen LogP contribution in [0.1, 0.15) is 34.1 Å². The van der Waals surface area contributed by atoms with E-state index >= 15 is 0 Å². The van der Waals surface area contributed by atoms with Crippen LogP contribution >= 0.6 is 27.5 Å². The second kappa shape index (κ2) is 9.46. The van der Waals surface area contributed by atoms with Crippen molar-refractivity contribution in [2.24, 2.45) is 0 Å². The number of benzene rings is 2. The van der Waals surface area contributed by atoms with Crippen LogP contribution in [0.3, 0.4) is 0 Å². The third-order valence-electron chi connectivity index (χ3n) is 4.67. The van der Waals surface area contributed by atoms with Crippen LogP contribution in [-0.2, 0) is 19.7 Å². The Labute approximate surface area is 184 Å². The average molecular weight is 477 g/mol. The largest absolute Gasteiger partial charge is 0.489 e.